The number of nitrogens with zero attached hydrogens (tertiary/aromatic N) is 2. The van der Waals surface area contributed by atoms with Crippen LogP contribution in [0.2, 0.25) is 0 Å². The maximum atomic E-state index is 13.9. The van der Waals surface area contributed by atoms with Crippen molar-refractivity contribution in [3.63, 3.8) is 0 Å². The summed E-state index contributed by atoms with van der Waals surface area (Å²) in [5, 5.41) is 5.48. The summed E-state index contributed by atoms with van der Waals surface area (Å²) in [6, 6.07) is 5.52. The quantitative estimate of drug-likeness (QED) is 0.696. The van der Waals surface area contributed by atoms with Gasteiger partial charge in [-0.25, -0.2) is 9.37 Å². The van der Waals surface area contributed by atoms with Crippen molar-refractivity contribution in [3.8, 4) is 0 Å². The lowest BCUT2D eigenvalue weighted by Crippen LogP contribution is -2.37. The van der Waals surface area contributed by atoms with E-state index in [9.17, 15) is 27.2 Å². The van der Waals surface area contributed by atoms with Crippen LogP contribution in [0.15, 0.2) is 36.5 Å². The molecular formula is C21H22F4N4O2. The van der Waals surface area contributed by atoms with Crippen LogP contribution in [-0.2, 0) is 11.0 Å². The van der Waals surface area contributed by atoms with Crippen LogP contribution in [0.5, 0.6) is 0 Å². The average molecular weight is 438 g/mol. The minimum Gasteiger partial charge on any atom is -0.369 e. The number of hydrogen-bond acceptors (Lipinski definition) is 4. The number of anilines is 2. The summed E-state index contributed by atoms with van der Waals surface area (Å²) >= 11 is 0. The summed E-state index contributed by atoms with van der Waals surface area (Å²) in [6.45, 7) is 4.26. The van der Waals surface area contributed by atoms with E-state index in [1.807, 2.05) is 0 Å². The molecule has 0 unspecified atom stereocenters. The highest BCUT2D eigenvalue weighted by Crippen LogP contribution is 2.33. The fourth-order valence-electron chi connectivity index (χ4n) is 3.22. The summed E-state index contributed by atoms with van der Waals surface area (Å²) in [5.41, 5.74) is -0.670. The van der Waals surface area contributed by atoms with Gasteiger partial charge >= 0.3 is 6.18 Å². The second kappa shape index (κ2) is 8.91. The highest BCUT2D eigenvalue weighted by Gasteiger charge is 2.34. The number of carbonyl (C=O) groups is 2. The Morgan fingerprint density at radius 2 is 1.94 bits per heavy atom. The smallest absolute Gasteiger partial charge is 0.369 e. The summed E-state index contributed by atoms with van der Waals surface area (Å²) < 4.78 is 52.1. The first-order chi connectivity index (χ1) is 14.5. The predicted octanol–water partition coefficient (Wildman–Crippen LogP) is 3.84. The first kappa shape index (κ1) is 22.5. The molecule has 1 aromatic heterocycles. The zero-order chi connectivity index (χ0) is 22.8. The molecule has 2 heterocycles. The molecule has 1 atom stereocenters. The topological polar surface area (TPSA) is 74.3 Å². The van der Waals surface area contributed by atoms with Crippen molar-refractivity contribution < 1.29 is 27.2 Å². The van der Waals surface area contributed by atoms with Gasteiger partial charge in [-0.2, -0.15) is 13.2 Å². The molecule has 1 aromatic carbocycles. The fourth-order valence-corrected chi connectivity index (χ4v) is 3.22. The number of halogens is 4. The Kier molecular flexibility index (Phi) is 6.47. The highest BCUT2D eigenvalue weighted by molar-refractivity contribution is 5.97. The van der Waals surface area contributed by atoms with Gasteiger partial charge in [0.25, 0.3) is 5.91 Å². The number of pyridine rings is 1. The molecule has 2 amide bonds. The third-order valence-corrected chi connectivity index (χ3v) is 4.94. The molecule has 6 nitrogen and oxygen atoms in total. The number of amides is 2. The minimum absolute atomic E-state index is 0.222. The molecule has 2 aromatic rings. The van der Waals surface area contributed by atoms with Crippen LogP contribution in [0.25, 0.3) is 0 Å². The molecule has 31 heavy (non-hydrogen) atoms. The molecule has 10 heteroatoms. The monoisotopic (exact) mass is 438 g/mol. The number of alkyl halides is 3. The van der Waals surface area contributed by atoms with E-state index in [-0.39, 0.29) is 29.6 Å². The molecule has 0 bridgehead atoms. The van der Waals surface area contributed by atoms with Crippen molar-refractivity contribution in [3.05, 3.63) is 53.5 Å². The van der Waals surface area contributed by atoms with Crippen molar-refractivity contribution in [2.24, 2.45) is 5.92 Å². The number of rotatable bonds is 5. The minimum atomic E-state index is -4.75. The molecule has 1 aliphatic heterocycles. The Labute approximate surface area is 176 Å². The highest BCUT2D eigenvalue weighted by atomic mass is 19.4. The van der Waals surface area contributed by atoms with E-state index < -0.39 is 17.6 Å². The summed E-state index contributed by atoms with van der Waals surface area (Å²) in [4.78, 5) is 30.1. The summed E-state index contributed by atoms with van der Waals surface area (Å²) in [7, 11) is 0. The second-order valence-corrected chi connectivity index (χ2v) is 7.64. The zero-order valence-corrected chi connectivity index (χ0v) is 17.0. The molecule has 0 saturated carbocycles. The van der Waals surface area contributed by atoms with Crippen LogP contribution in [-0.4, -0.2) is 35.9 Å². The lowest BCUT2D eigenvalue weighted by Gasteiger charge is -2.20. The standard InChI is InChI=1S/C21H22F4N4O2/c1-12(2)19(30)28-18-9-13(5-7-26-18)20(31)27-14-6-8-29(11-14)15-3-4-16(17(22)10-15)21(23,24)25/h3-5,7,9-10,12,14H,6,8,11H2,1-2H3,(H,27,31)(H,26,28,30)/t14-/m1/s1. The third kappa shape index (κ3) is 5.50. The van der Waals surface area contributed by atoms with Crippen molar-refractivity contribution in [2.75, 3.05) is 23.3 Å². The first-order valence-corrected chi connectivity index (χ1v) is 9.74. The molecule has 166 valence electrons. The van der Waals surface area contributed by atoms with Gasteiger partial charge < -0.3 is 15.5 Å². The van der Waals surface area contributed by atoms with Crippen LogP contribution in [0.4, 0.5) is 29.1 Å². The van der Waals surface area contributed by atoms with Crippen molar-refractivity contribution in [1.29, 1.82) is 0 Å². The molecule has 1 saturated heterocycles. The average Bonchev–Trinajstić information content (AvgIpc) is 3.15. The van der Waals surface area contributed by atoms with Crippen molar-refractivity contribution in [1.82, 2.24) is 10.3 Å². The number of carbonyl (C=O) groups excluding carboxylic acids is 2. The van der Waals surface area contributed by atoms with E-state index in [2.05, 4.69) is 15.6 Å². The van der Waals surface area contributed by atoms with E-state index in [0.29, 0.717) is 30.8 Å². The van der Waals surface area contributed by atoms with Gasteiger partial charge in [-0.05, 0) is 36.8 Å². The molecule has 2 N–H and O–H groups in total. The van der Waals surface area contributed by atoms with Crippen LogP contribution in [0, 0.1) is 11.7 Å². The maximum Gasteiger partial charge on any atom is 0.419 e. The Morgan fingerprint density at radius 1 is 1.19 bits per heavy atom. The van der Waals surface area contributed by atoms with E-state index in [1.165, 1.54) is 24.4 Å². The van der Waals surface area contributed by atoms with Gasteiger partial charge in [0.05, 0.1) is 5.56 Å². The Hall–Kier alpha value is -3.17. The predicted molar refractivity (Wildman–Crippen MR) is 107 cm³/mol. The largest absolute Gasteiger partial charge is 0.419 e. The van der Waals surface area contributed by atoms with E-state index in [1.54, 1.807) is 18.7 Å². The number of nitrogens with one attached hydrogen (secondary N) is 2. The summed E-state index contributed by atoms with van der Waals surface area (Å²) in [6.07, 6.45) is -2.78. The third-order valence-electron chi connectivity index (χ3n) is 4.94. The Balaban J connectivity index is 1.62. The Bertz CT molecular complexity index is 978. The van der Waals surface area contributed by atoms with Crippen LogP contribution < -0.4 is 15.5 Å². The van der Waals surface area contributed by atoms with E-state index >= 15 is 0 Å². The number of benzene rings is 1. The van der Waals surface area contributed by atoms with Gasteiger partial charge in [-0.1, -0.05) is 13.8 Å². The van der Waals surface area contributed by atoms with Crippen LogP contribution >= 0.6 is 0 Å². The molecule has 0 radical (unpaired) electrons. The molecule has 0 spiro atoms. The normalized spacial score (nSPS) is 16.5. The molecule has 0 aliphatic carbocycles. The van der Waals surface area contributed by atoms with E-state index in [0.717, 1.165) is 12.1 Å². The van der Waals surface area contributed by atoms with Gasteiger partial charge in [0.15, 0.2) is 0 Å². The van der Waals surface area contributed by atoms with Crippen molar-refractivity contribution in [2.45, 2.75) is 32.5 Å². The van der Waals surface area contributed by atoms with Gasteiger partial charge in [0.2, 0.25) is 5.91 Å². The van der Waals surface area contributed by atoms with E-state index in [4.69, 9.17) is 0 Å². The van der Waals surface area contributed by atoms with Gasteiger partial charge in [0, 0.05) is 42.5 Å². The molecular weight excluding hydrogens is 416 g/mol. The second-order valence-electron chi connectivity index (χ2n) is 7.64. The Morgan fingerprint density at radius 3 is 2.58 bits per heavy atom. The SMILES string of the molecule is CC(C)C(=O)Nc1cc(C(=O)N[C@@H]2CCN(c3ccc(C(F)(F)F)c(F)c3)C2)ccn1. The lowest BCUT2D eigenvalue weighted by molar-refractivity contribution is -0.140. The van der Waals surface area contributed by atoms with Gasteiger partial charge in [-0.3, -0.25) is 9.59 Å². The van der Waals surface area contributed by atoms with Crippen LogP contribution in [0.1, 0.15) is 36.2 Å². The van der Waals surface area contributed by atoms with Gasteiger partial charge in [-0.15, -0.1) is 0 Å². The van der Waals surface area contributed by atoms with Crippen molar-refractivity contribution >= 4 is 23.3 Å². The summed E-state index contributed by atoms with van der Waals surface area (Å²) in [5.74, 6) is -1.89. The zero-order valence-electron chi connectivity index (χ0n) is 17.0. The van der Waals surface area contributed by atoms with Gasteiger partial charge in [0.1, 0.15) is 11.6 Å². The molecule has 3 rings (SSSR count). The maximum absolute atomic E-state index is 13.9. The molecule has 1 fully saturated rings. The molecule has 1 aliphatic rings. The number of hydrogen-bond donors (Lipinski definition) is 2. The van der Waals surface area contributed by atoms with Crippen LogP contribution in [0.3, 0.4) is 0 Å². The lowest BCUT2D eigenvalue weighted by atomic mass is 10.1. The number of aromatic nitrogens is 1. The first-order valence-electron chi connectivity index (χ1n) is 9.74. The fraction of sp³-hybridized carbons (Fsp3) is 0.381.